The van der Waals surface area contributed by atoms with Gasteiger partial charge in [-0.1, -0.05) is 12.1 Å². The van der Waals surface area contributed by atoms with E-state index in [-0.39, 0.29) is 23.7 Å². The van der Waals surface area contributed by atoms with Gasteiger partial charge in [0.1, 0.15) is 23.0 Å². The molecule has 2 aromatic carbocycles. The second-order valence-corrected chi connectivity index (χ2v) is 7.75. The zero-order chi connectivity index (χ0) is 21.0. The molecule has 0 bridgehead atoms. The molecule has 4 aromatic rings. The summed E-state index contributed by atoms with van der Waals surface area (Å²) in [6.07, 6.45) is 5.25. The van der Waals surface area contributed by atoms with E-state index < -0.39 is 11.7 Å². The van der Waals surface area contributed by atoms with Crippen LogP contribution >= 0.6 is 0 Å². The lowest BCUT2D eigenvalue weighted by Gasteiger charge is -2.19. The Balaban J connectivity index is 1.47. The van der Waals surface area contributed by atoms with Crippen molar-refractivity contribution < 1.29 is 13.6 Å². The molecule has 0 spiro atoms. The number of amides is 1. The van der Waals surface area contributed by atoms with Crippen molar-refractivity contribution >= 4 is 28.3 Å². The number of hydrogen-bond donors (Lipinski definition) is 1. The molecule has 2 aromatic heterocycles. The number of nitrogens with two attached hydrogens (primary N) is 1. The first-order valence-corrected chi connectivity index (χ1v) is 9.67. The zero-order valence-electron chi connectivity index (χ0n) is 16.3. The van der Waals surface area contributed by atoms with E-state index in [2.05, 4.69) is 9.97 Å². The molecule has 0 aliphatic heterocycles. The van der Waals surface area contributed by atoms with Crippen LogP contribution in [-0.2, 0) is 6.54 Å². The summed E-state index contributed by atoms with van der Waals surface area (Å²) in [4.78, 5) is 22.5. The third-order valence-electron chi connectivity index (χ3n) is 5.58. The van der Waals surface area contributed by atoms with Gasteiger partial charge in [-0.3, -0.25) is 9.20 Å². The minimum absolute atomic E-state index is 0.0353. The third-order valence-corrected chi connectivity index (χ3v) is 5.58. The van der Waals surface area contributed by atoms with Crippen LogP contribution in [0.15, 0.2) is 42.9 Å². The van der Waals surface area contributed by atoms with Crippen LogP contribution in [0.1, 0.15) is 40.2 Å². The van der Waals surface area contributed by atoms with Crippen molar-refractivity contribution in [2.75, 3.05) is 12.8 Å². The van der Waals surface area contributed by atoms with Gasteiger partial charge in [0.2, 0.25) is 0 Å². The fourth-order valence-corrected chi connectivity index (χ4v) is 3.76. The van der Waals surface area contributed by atoms with E-state index in [0.29, 0.717) is 28.0 Å². The third kappa shape index (κ3) is 3.04. The quantitative estimate of drug-likeness (QED) is 0.557. The van der Waals surface area contributed by atoms with E-state index in [1.807, 2.05) is 6.07 Å². The molecule has 30 heavy (non-hydrogen) atoms. The van der Waals surface area contributed by atoms with Crippen molar-refractivity contribution in [3.63, 3.8) is 0 Å². The van der Waals surface area contributed by atoms with Crippen LogP contribution in [0.3, 0.4) is 0 Å². The van der Waals surface area contributed by atoms with Gasteiger partial charge in [-0.25, -0.2) is 18.7 Å². The summed E-state index contributed by atoms with van der Waals surface area (Å²) in [7, 11) is 1.52. The van der Waals surface area contributed by atoms with E-state index in [1.54, 1.807) is 16.7 Å². The van der Waals surface area contributed by atoms with Crippen molar-refractivity contribution in [3.8, 4) is 0 Å². The van der Waals surface area contributed by atoms with Gasteiger partial charge in [0.05, 0.1) is 29.1 Å². The summed E-state index contributed by atoms with van der Waals surface area (Å²) in [6, 6.07) is 7.74. The van der Waals surface area contributed by atoms with Crippen molar-refractivity contribution in [2.45, 2.75) is 25.3 Å². The van der Waals surface area contributed by atoms with Gasteiger partial charge in [0.15, 0.2) is 0 Å². The van der Waals surface area contributed by atoms with Gasteiger partial charge in [-0.2, -0.15) is 0 Å². The van der Waals surface area contributed by atoms with Crippen LogP contribution in [0, 0.1) is 11.6 Å². The molecule has 0 unspecified atom stereocenters. The molecule has 2 heterocycles. The second-order valence-electron chi connectivity index (χ2n) is 7.75. The fraction of sp³-hybridized carbons (Fsp3) is 0.227. The lowest BCUT2D eigenvalue weighted by molar-refractivity contribution is 0.0779. The van der Waals surface area contributed by atoms with Crippen LogP contribution in [0.2, 0.25) is 0 Å². The summed E-state index contributed by atoms with van der Waals surface area (Å²) in [5.41, 5.74) is 8.54. The number of aromatic nitrogens is 3. The van der Waals surface area contributed by atoms with E-state index in [1.165, 1.54) is 36.5 Å². The monoisotopic (exact) mass is 407 g/mol. The summed E-state index contributed by atoms with van der Waals surface area (Å²) >= 11 is 0. The highest BCUT2D eigenvalue weighted by atomic mass is 19.1. The topological polar surface area (TPSA) is 76.5 Å². The number of imidazole rings is 1. The van der Waals surface area contributed by atoms with Crippen LogP contribution in [0.4, 0.5) is 14.6 Å². The minimum atomic E-state index is -0.713. The molecular formula is C22H19F2N5O. The Labute approximate surface area is 171 Å². The number of nitrogens with zero attached hydrogens (tertiary/aromatic N) is 4. The lowest BCUT2D eigenvalue weighted by Crippen LogP contribution is -2.27. The number of anilines is 1. The zero-order valence-corrected chi connectivity index (χ0v) is 16.3. The van der Waals surface area contributed by atoms with Crippen molar-refractivity contribution in [3.05, 3.63) is 71.2 Å². The normalized spacial score (nSPS) is 13.8. The molecule has 1 aliphatic rings. The number of carbonyl (C=O) groups excluding carboxylic acids is 1. The molecule has 0 saturated heterocycles. The predicted molar refractivity (Wildman–Crippen MR) is 109 cm³/mol. The van der Waals surface area contributed by atoms with Crippen molar-refractivity contribution in [1.29, 1.82) is 0 Å². The summed E-state index contributed by atoms with van der Waals surface area (Å²) < 4.78 is 30.9. The summed E-state index contributed by atoms with van der Waals surface area (Å²) in [6.45, 7) is 0.0353. The maximum atomic E-state index is 14.7. The van der Waals surface area contributed by atoms with E-state index in [0.717, 1.165) is 18.4 Å². The number of benzene rings is 2. The molecule has 0 radical (unpaired) electrons. The summed E-state index contributed by atoms with van der Waals surface area (Å²) in [5, 5.41) is 0. The highest BCUT2D eigenvalue weighted by molar-refractivity contribution is 5.98. The average molecular weight is 407 g/mol. The number of hydrogen-bond acceptors (Lipinski definition) is 4. The van der Waals surface area contributed by atoms with Crippen molar-refractivity contribution in [1.82, 2.24) is 19.3 Å². The van der Waals surface area contributed by atoms with Gasteiger partial charge in [0.25, 0.3) is 5.91 Å². The maximum absolute atomic E-state index is 14.7. The molecule has 1 saturated carbocycles. The molecule has 5 rings (SSSR count). The van der Waals surface area contributed by atoms with E-state index in [4.69, 9.17) is 5.73 Å². The van der Waals surface area contributed by atoms with Gasteiger partial charge in [0, 0.05) is 25.2 Å². The molecule has 1 aliphatic carbocycles. The first-order valence-electron chi connectivity index (χ1n) is 9.67. The van der Waals surface area contributed by atoms with Crippen LogP contribution in [0.5, 0.6) is 0 Å². The van der Waals surface area contributed by atoms with Gasteiger partial charge in [-0.05, 0) is 36.5 Å². The van der Waals surface area contributed by atoms with E-state index >= 15 is 0 Å². The molecule has 2 N–H and O–H groups in total. The number of nitrogen functional groups attached to an aromatic ring is 1. The Morgan fingerprint density at radius 3 is 2.73 bits per heavy atom. The first-order chi connectivity index (χ1) is 14.4. The molecular weight excluding hydrogens is 388 g/mol. The van der Waals surface area contributed by atoms with Crippen LogP contribution < -0.4 is 5.73 Å². The number of carbonyl (C=O) groups is 1. The number of fused-ring (bicyclic) bond motifs is 3. The van der Waals surface area contributed by atoms with Crippen LogP contribution in [0.25, 0.3) is 16.6 Å². The smallest absolute Gasteiger partial charge is 0.256 e. The second kappa shape index (κ2) is 6.76. The highest BCUT2D eigenvalue weighted by Crippen LogP contribution is 2.40. The minimum Gasteiger partial charge on any atom is -0.382 e. The Morgan fingerprint density at radius 1 is 1.20 bits per heavy atom. The van der Waals surface area contributed by atoms with Gasteiger partial charge >= 0.3 is 0 Å². The molecule has 8 heteroatoms. The Bertz CT molecular complexity index is 1310. The Kier molecular flexibility index (Phi) is 4.16. The Morgan fingerprint density at radius 2 is 2.00 bits per heavy atom. The molecule has 6 nitrogen and oxygen atoms in total. The van der Waals surface area contributed by atoms with E-state index in [9.17, 15) is 13.6 Å². The summed E-state index contributed by atoms with van der Waals surface area (Å²) in [5.74, 6) is -0.943. The standard InChI is InChI=1S/C22H19F2N5O/c1-28(10-14-5-4-13(6-16(14)23)12-2-3-12)22(30)15-7-19-18(8-17(15)24)27-21(25)20-9-26-11-29(19)20/h4-9,11-12H,2-3,10H2,1H3,(H2,25,27). The molecule has 0 atom stereocenters. The maximum Gasteiger partial charge on any atom is 0.256 e. The molecule has 1 amide bonds. The molecule has 1 fully saturated rings. The van der Waals surface area contributed by atoms with Crippen molar-refractivity contribution in [2.24, 2.45) is 0 Å². The SMILES string of the molecule is CN(Cc1ccc(C2CC2)cc1F)C(=O)c1cc2c(cc1F)nc(N)c1cncn12. The number of halogens is 2. The lowest BCUT2D eigenvalue weighted by atomic mass is 10.1. The fourth-order valence-electron chi connectivity index (χ4n) is 3.76. The average Bonchev–Trinajstić information content (AvgIpc) is 3.44. The molecule has 152 valence electrons. The largest absolute Gasteiger partial charge is 0.382 e. The first kappa shape index (κ1) is 18.5. The van der Waals surface area contributed by atoms with Gasteiger partial charge < -0.3 is 10.6 Å². The highest BCUT2D eigenvalue weighted by Gasteiger charge is 2.25. The Hall–Kier alpha value is -3.55. The van der Waals surface area contributed by atoms with Gasteiger partial charge in [-0.15, -0.1) is 0 Å². The van der Waals surface area contributed by atoms with Crippen LogP contribution in [-0.4, -0.2) is 32.2 Å². The predicted octanol–water partition coefficient (Wildman–Crippen LogP) is 3.89. The number of rotatable bonds is 4.